The number of anilines is 1. The van der Waals surface area contributed by atoms with Crippen molar-refractivity contribution in [1.29, 1.82) is 0 Å². The fourth-order valence-electron chi connectivity index (χ4n) is 1.77. The van der Waals surface area contributed by atoms with E-state index in [1.165, 1.54) is 19.1 Å². The summed E-state index contributed by atoms with van der Waals surface area (Å²) in [6, 6.07) is 4.85. The Kier molecular flexibility index (Phi) is 5.13. The molecule has 0 atom stereocenters. The number of hydrogen-bond donors (Lipinski definition) is 1. The van der Waals surface area contributed by atoms with Gasteiger partial charge < -0.3 is 5.32 Å². The molecule has 0 radical (unpaired) electrons. The Morgan fingerprint density at radius 1 is 1.20 bits per heavy atom. The minimum atomic E-state index is -4.39. The normalized spacial score (nSPS) is 13.3. The number of allylic oxidation sites excluding steroid dienone is 3. The van der Waals surface area contributed by atoms with Gasteiger partial charge in [0.05, 0.1) is 5.56 Å². The molecule has 0 aliphatic carbocycles. The highest BCUT2D eigenvalue weighted by Crippen LogP contribution is 2.31. The molecule has 0 saturated heterocycles. The quantitative estimate of drug-likeness (QED) is 0.648. The van der Waals surface area contributed by atoms with Crippen LogP contribution in [-0.2, 0) is 11.0 Å². The van der Waals surface area contributed by atoms with Crippen LogP contribution in [0, 0.1) is 0 Å². The zero-order valence-corrected chi connectivity index (χ0v) is 11.5. The Bertz CT molecular complexity index is 556. The van der Waals surface area contributed by atoms with E-state index in [4.69, 9.17) is 0 Å². The first-order valence-electron chi connectivity index (χ1n) is 6.07. The van der Waals surface area contributed by atoms with Gasteiger partial charge in [-0.15, -0.1) is 0 Å². The fourth-order valence-corrected chi connectivity index (χ4v) is 1.77. The van der Waals surface area contributed by atoms with Gasteiger partial charge in [0.25, 0.3) is 0 Å². The first-order valence-corrected chi connectivity index (χ1v) is 6.07. The van der Waals surface area contributed by atoms with Crippen LogP contribution in [0.2, 0.25) is 0 Å². The SMILES string of the molecule is C/C=C(Nc1cccc(C(F)(F)F)c1)\C(=C/C)C(C)=O. The van der Waals surface area contributed by atoms with Crippen molar-refractivity contribution in [2.24, 2.45) is 0 Å². The number of alkyl halides is 3. The first kappa shape index (κ1) is 16.0. The predicted octanol–water partition coefficient (Wildman–Crippen LogP) is 4.56. The van der Waals surface area contributed by atoms with Crippen LogP contribution in [0.15, 0.2) is 47.7 Å². The van der Waals surface area contributed by atoms with E-state index in [1.54, 1.807) is 26.0 Å². The number of benzene rings is 1. The van der Waals surface area contributed by atoms with Crippen LogP contribution >= 0.6 is 0 Å². The van der Waals surface area contributed by atoms with Crippen LogP contribution in [-0.4, -0.2) is 5.78 Å². The van der Waals surface area contributed by atoms with Crippen molar-refractivity contribution in [3.8, 4) is 0 Å². The van der Waals surface area contributed by atoms with Gasteiger partial charge in [0.1, 0.15) is 0 Å². The van der Waals surface area contributed by atoms with E-state index in [0.717, 1.165) is 12.1 Å². The van der Waals surface area contributed by atoms with Crippen molar-refractivity contribution in [1.82, 2.24) is 0 Å². The minimum absolute atomic E-state index is 0.153. The molecule has 0 heterocycles. The number of carbonyl (C=O) groups excluding carboxylic acids is 1. The van der Waals surface area contributed by atoms with E-state index in [-0.39, 0.29) is 11.5 Å². The number of hydrogen-bond acceptors (Lipinski definition) is 2. The molecule has 1 N–H and O–H groups in total. The summed E-state index contributed by atoms with van der Waals surface area (Å²) < 4.78 is 37.9. The Labute approximate surface area is 116 Å². The van der Waals surface area contributed by atoms with Gasteiger partial charge >= 0.3 is 6.18 Å². The largest absolute Gasteiger partial charge is 0.416 e. The highest BCUT2D eigenvalue weighted by molar-refractivity contribution is 5.98. The molecule has 0 amide bonds. The van der Waals surface area contributed by atoms with Crippen molar-refractivity contribution >= 4 is 11.5 Å². The molecule has 108 valence electrons. The van der Waals surface area contributed by atoms with Crippen LogP contribution in [0.5, 0.6) is 0 Å². The maximum Gasteiger partial charge on any atom is 0.416 e. The summed E-state index contributed by atoms with van der Waals surface area (Å²) in [5, 5.41) is 2.85. The number of ketones is 1. The highest BCUT2D eigenvalue weighted by atomic mass is 19.4. The van der Waals surface area contributed by atoms with E-state index in [0.29, 0.717) is 11.3 Å². The van der Waals surface area contributed by atoms with E-state index >= 15 is 0 Å². The molecule has 1 rings (SSSR count). The lowest BCUT2D eigenvalue weighted by Crippen LogP contribution is -2.10. The molecule has 0 unspecified atom stereocenters. The van der Waals surface area contributed by atoms with Crippen LogP contribution in [0.1, 0.15) is 26.3 Å². The molecule has 0 bridgehead atoms. The smallest absolute Gasteiger partial charge is 0.355 e. The van der Waals surface area contributed by atoms with E-state index in [1.807, 2.05) is 0 Å². The van der Waals surface area contributed by atoms with Gasteiger partial charge in [-0.05, 0) is 39.0 Å². The van der Waals surface area contributed by atoms with Gasteiger partial charge in [0.2, 0.25) is 0 Å². The summed E-state index contributed by atoms with van der Waals surface area (Å²) in [6.45, 7) is 4.82. The summed E-state index contributed by atoms with van der Waals surface area (Å²) in [5.41, 5.74) is 0.473. The van der Waals surface area contributed by atoms with Gasteiger partial charge in [-0.2, -0.15) is 13.2 Å². The van der Waals surface area contributed by atoms with Crippen LogP contribution in [0.4, 0.5) is 18.9 Å². The molecule has 0 aliphatic heterocycles. The molecule has 5 heteroatoms. The lowest BCUT2D eigenvalue weighted by atomic mass is 10.1. The lowest BCUT2D eigenvalue weighted by molar-refractivity contribution is -0.137. The number of rotatable bonds is 4. The van der Waals surface area contributed by atoms with E-state index in [2.05, 4.69) is 5.32 Å². The van der Waals surface area contributed by atoms with Crippen LogP contribution in [0.3, 0.4) is 0 Å². The van der Waals surface area contributed by atoms with Crippen LogP contribution < -0.4 is 5.32 Å². The topological polar surface area (TPSA) is 29.1 Å². The number of Topliss-reactive ketones (excluding diaryl/α,β-unsaturated/α-hetero) is 1. The second-order valence-corrected chi connectivity index (χ2v) is 4.16. The van der Waals surface area contributed by atoms with Gasteiger partial charge in [-0.25, -0.2) is 0 Å². The van der Waals surface area contributed by atoms with Crippen molar-refractivity contribution in [3.05, 3.63) is 53.3 Å². The second-order valence-electron chi connectivity index (χ2n) is 4.16. The molecule has 0 saturated carbocycles. The van der Waals surface area contributed by atoms with E-state index < -0.39 is 11.7 Å². The Morgan fingerprint density at radius 2 is 1.85 bits per heavy atom. The zero-order chi connectivity index (χ0) is 15.3. The molecular formula is C15H16F3NO. The standard InChI is InChI=1S/C15H16F3NO/c1-4-13(10(3)20)14(5-2)19-12-8-6-7-11(9-12)15(16,17)18/h4-9,19H,1-3H3/b13-4-,14-5+. The van der Waals surface area contributed by atoms with Gasteiger partial charge in [0.15, 0.2) is 5.78 Å². The van der Waals surface area contributed by atoms with Crippen LogP contribution in [0.25, 0.3) is 0 Å². The number of carbonyl (C=O) groups is 1. The Morgan fingerprint density at radius 3 is 2.30 bits per heavy atom. The summed E-state index contributed by atoms with van der Waals surface area (Å²) in [7, 11) is 0. The molecule has 0 fully saturated rings. The van der Waals surface area contributed by atoms with Gasteiger partial charge in [-0.3, -0.25) is 4.79 Å². The summed E-state index contributed by atoms with van der Waals surface area (Å²) >= 11 is 0. The molecule has 2 nitrogen and oxygen atoms in total. The molecule has 0 aromatic heterocycles. The van der Waals surface area contributed by atoms with E-state index in [9.17, 15) is 18.0 Å². The first-order chi connectivity index (χ1) is 9.29. The molecule has 1 aromatic rings. The maximum atomic E-state index is 12.6. The minimum Gasteiger partial charge on any atom is -0.355 e. The monoisotopic (exact) mass is 283 g/mol. The third-order valence-corrected chi connectivity index (χ3v) is 2.72. The third kappa shape index (κ3) is 3.98. The summed E-state index contributed by atoms with van der Waals surface area (Å²) in [5.74, 6) is -0.153. The third-order valence-electron chi connectivity index (χ3n) is 2.72. The predicted molar refractivity (Wildman–Crippen MR) is 73.3 cm³/mol. The molecular weight excluding hydrogens is 267 g/mol. The summed E-state index contributed by atoms with van der Waals surface area (Å²) in [6.07, 6.45) is -1.12. The number of nitrogens with one attached hydrogen (secondary N) is 1. The Balaban J connectivity index is 3.07. The van der Waals surface area contributed by atoms with Crippen molar-refractivity contribution in [3.63, 3.8) is 0 Å². The van der Waals surface area contributed by atoms with Crippen molar-refractivity contribution < 1.29 is 18.0 Å². The van der Waals surface area contributed by atoms with Gasteiger partial charge in [-0.1, -0.05) is 18.2 Å². The molecule has 1 aromatic carbocycles. The molecule has 0 aliphatic rings. The lowest BCUT2D eigenvalue weighted by Gasteiger charge is -2.14. The molecule has 20 heavy (non-hydrogen) atoms. The molecule has 0 spiro atoms. The van der Waals surface area contributed by atoms with Crippen molar-refractivity contribution in [2.45, 2.75) is 26.9 Å². The maximum absolute atomic E-state index is 12.6. The van der Waals surface area contributed by atoms with Gasteiger partial charge in [0, 0.05) is 17.0 Å². The summed E-state index contributed by atoms with van der Waals surface area (Å²) in [4.78, 5) is 11.5. The average Bonchev–Trinajstić information content (AvgIpc) is 2.37. The average molecular weight is 283 g/mol. The highest BCUT2D eigenvalue weighted by Gasteiger charge is 2.30. The zero-order valence-electron chi connectivity index (χ0n) is 11.5. The Hall–Kier alpha value is -2.04. The fraction of sp³-hybridized carbons (Fsp3) is 0.267. The number of halogens is 3. The second kappa shape index (κ2) is 6.41. The van der Waals surface area contributed by atoms with Crippen molar-refractivity contribution in [2.75, 3.05) is 5.32 Å².